The van der Waals surface area contributed by atoms with Gasteiger partial charge in [-0.1, -0.05) is 24.3 Å². The van der Waals surface area contributed by atoms with Crippen LogP contribution < -0.4 is 0 Å². The van der Waals surface area contributed by atoms with Crippen LogP contribution in [-0.2, 0) is 0 Å². The second-order valence-electron chi connectivity index (χ2n) is 2.32. The lowest BCUT2D eigenvalue weighted by Crippen LogP contribution is -1.96. The first-order valence-electron chi connectivity index (χ1n) is 3.37. The Morgan fingerprint density at radius 1 is 1.45 bits per heavy atom. The minimum atomic E-state index is 0.239. The first-order valence-corrected chi connectivity index (χ1v) is 3.37. The third kappa shape index (κ3) is 1.52. The largest absolute Gasteiger partial charge is 0.282 e. The van der Waals surface area contributed by atoms with E-state index in [2.05, 4.69) is 11.7 Å². The summed E-state index contributed by atoms with van der Waals surface area (Å²) < 4.78 is 0. The summed E-state index contributed by atoms with van der Waals surface area (Å²) >= 11 is 0. The van der Waals surface area contributed by atoms with Gasteiger partial charge in [0, 0.05) is 5.56 Å². The molecule has 0 spiro atoms. The fraction of sp³-hybridized carbons (Fsp3) is 0.111. The van der Waals surface area contributed by atoms with Gasteiger partial charge in [-0.2, -0.15) is 0 Å². The highest BCUT2D eigenvalue weighted by molar-refractivity contribution is 6.00. The predicted molar refractivity (Wildman–Crippen MR) is 47.6 cm³/mol. The zero-order chi connectivity index (χ0) is 8.27. The van der Waals surface area contributed by atoms with Crippen LogP contribution in [0.25, 0.3) is 0 Å². The van der Waals surface area contributed by atoms with Gasteiger partial charge in [0.2, 0.25) is 0 Å². The third-order valence-corrected chi connectivity index (χ3v) is 1.56. The van der Waals surface area contributed by atoms with Crippen molar-refractivity contribution in [1.29, 1.82) is 5.41 Å². The van der Waals surface area contributed by atoms with Gasteiger partial charge in [0.15, 0.2) is 5.84 Å². The van der Waals surface area contributed by atoms with Crippen molar-refractivity contribution in [3.05, 3.63) is 35.4 Å². The van der Waals surface area contributed by atoms with E-state index >= 15 is 0 Å². The number of rotatable bonds is 1. The Morgan fingerprint density at radius 3 is 2.64 bits per heavy atom. The van der Waals surface area contributed by atoms with Crippen molar-refractivity contribution < 1.29 is 0 Å². The van der Waals surface area contributed by atoms with Crippen LogP contribution in [-0.4, -0.2) is 12.6 Å². The summed E-state index contributed by atoms with van der Waals surface area (Å²) in [6, 6.07) is 7.65. The molecular weight excluding hydrogens is 136 g/mol. The summed E-state index contributed by atoms with van der Waals surface area (Å²) in [5, 5.41) is 7.39. The number of nitrogens with zero attached hydrogens (tertiary/aromatic N) is 1. The summed E-state index contributed by atoms with van der Waals surface area (Å²) in [7, 11) is 0. The Bertz CT molecular complexity index is 289. The van der Waals surface area contributed by atoms with Gasteiger partial charge in [-0.05, 0) is 19.2 Å². The first kappa shape index (κ1) is 7.66. The first-order chi connectivity index (χ1) is 5.25. The van der Waals surface area contributed by atoms with Crippen LogP contribution in [0, 0.1) is 12.3 Å². The topological polar surface area (TPSA) is 36.2 Å². The standard InChI is InChI=1S/C9H10N2/c1-7-5-3-4-6-8(7)9(10)11-2/h3-6,10H,2H2,1H3. The molecule has 1 aromatic carbocycles. The number of aliphatic imine (C=N–C) groups is 1. The molecule has 0 saturated carbocycles. The van der Waals surface area contributed by atoms with Gasteiger partial charge in [-0.3, -0.25) is 5.41 Å². The third-order valence-electron chi connectivity index (χ3n) is 1.56. The van der Waals surface area contributed by atoms with Gasteiger partial charge in [0.1, 0.15) is 0 Å². The summed E-state index contributed by atoms with van der Waals surface area (Å²) in [4.78, 5) is 3.55. The molecule has 0 heterocycles. The highest BCUT2D eigenvalue weighted by atomic mass is 14.8. The highest BCUT2D eigenvalue weighted by Crippen LogP contribution is 2.07. The van der Waals surface area contributed by atoms with Crippen molar-refractivity contribution in [3.63, 3.8) is 0 Å². The zero-order valence-corrected chi connectivity index (χ0v) is 6.46. The summed E-state index contributed by atoms with van der Waals surface area (Å²) in [6.45, 7) is 5.26. The molecule has 0 aromatic heterocycles. The van der Waals surface area contributed by atoms with Crippen molar-refractivity contribution in [1.82, 2.24) is 0 Å². The van der Waals surface area contributed by atoms with Gasteiger partial charge in [-0.25, -0.2) is 4.99 Å². The van der Waals surface area contributed by atoms with E-state index < -0.39 is 0 Å². The molecule has 0 atom stereocenters. The van der Waals surface area contributed by atoms with E-state index in [0.717, 1.165) is 11.1 Å². The molecule has 0 aliphatic heterocycles. The summed E-state index contributed by atoms with van der Waals surface area (Å²) in [5.41, 5.74) is 1.91. The van der Waals surface area contributed by atoms with E-state index in [9.17, 15) is 0 Å². The van der Waals surface area contributed by atoms with Crippen LogP contribution in [0.15, 0.2) is 29.3 Å². The molecule has 2 heteroatoms. The van der Waals surface area contributed by atoms with Gasteiger partial charge >= 0.3 is 0 Å². The number of aryl methyl sites for hydroxylation is 1. The minimum absolute atomic E-state index is 0.239. The van der Waals surface area contributed by atoms with E-state index in [4.69, 9.17) is 5.41 Å². The molecule has 1 rings (SSSR count). The average Bonchev–Trinajstić information content (AvgIpc) is 2.04. The van der Waals surface area contributed by atoms with Crippen molar-refractivity contribution >= 4 is 12.6 Å². The lowest BCUT2D eigenvalue weighted by molar-refractivity contribution is 1.37. The van der Waals surface area contributed by atoms with Crippen LogP contribution in [0.1, 0.15) is 11.1 Å². The second kappa shape index (κ2) is 3.10. The number of hydrogen-bond donors (Lipinski definition) is 1. The van der Waals surface area contributed by atoms with Gasteiger partial charge in [0.25, 0.3) is 0 Å². The van der Waals surface area contributed by atoms with Crippen LogP contribution in [0.4, 0.5) is 0 Å². The summed E-state index contributed by atoms with van der Waals surface area (Å²) in [6.07, 6.45) is 0. The van der Waals surface area contributed by atoms with Crippen molar-refractivity contribution in [3.8, 4) is 0 Å². The molecule has 0 aliphatic rings. The Hall–Kier alpha value is -1.44. The SMILES string of the molecule is C=NC(=N)c1ccccc1C. The number of hydrogen-bond acceptors (Lipinski definition) is 1. The quantitative estimate of drug-likeness (QED) is 0.465. The molecular formula is C9H10N2. The maximum Gasteiger partial charge on any atom is 0.151 e. The normalized spacial score (nSPS) is 9.18. The van der Waals surface area contributed by atoms with E-state index in [1.807, 2.05) is 31.2 Å². The van der Waals surface area contributed by atoms with Crippen molar-refractivity contribution in [2.24, 2.45) is 4.99 Å². The molecule has 0 fully saturated rings. The number of benzene rings is 1. The zero-order valence-electron chi connectivity index (χ0n) is 6.46. The second-order valence-corrected chi connectivity index (χ2v) is 2.32. The molecule has 11 heavy (non-hydrogen) atoms. The average molecular weight is 146 g/mol. The molecule has 0 bridgehead atoms. The fourth-order valence-corrected chi connectivity index (χ4v) is 0.924. The van der Waals surface area contributed by atoms with Crippen molar-refractivity contribution in [2.75, 3.05) is 0 Å². The highest BCUT2D eigenvalue weighted by Gasteiger charge is 1.99. The van der Waals surface area contributed by atoms with Gasteiger partial charge in [-0.15, -0.1) is 0 Å². The van der Waals surface area contributed by atoms with E-state index in [0.29, 0.717) is 0 Å². The number of nitrogens with one attached hydrogen (secondary N) is 1. The Balaban J connectivity index is 3.13. The van der Waals surface area contributed by atoms with Gasteiger partial charge < -0.3 is 0 Å². The van der Waals surface area contributed by atoms with Crippen LogP contribution in [0.2, 0.25) is 0 Å². The Kier molecular flexibility index (Phi) is 2.16. The lowest BCUT2D eigenvalue weighted by atomic mass is 10.1. The van der Waals surface area contributed by atoms with Crippen LogP contribution in [0.3, 0.4) is 0 Å². The molecule has 0 aliphatic carbocycles. The maximum atomic E-state index is 7.39. The molecule has 0 saturated heterocycles. The maximum absolute atomic E-state index is 7.39. The van der Waals surface area contributed by atoms with E-state index in [1.165, 1.54) is 0 Å². The van der Waals surface area contributed by atoms with Crippen molar-refractivity contribution in [2.45, 2.75) is 6.92 Å². The molecule has 2 nitrogen and oxygen atoms in total. The molecule has 56 valence electrons. The number of amidine groups is 1. The van der Waals surface area contributed by atoms with E-state index in [-0.39, 0.29) is 5.84 Å². The Labute approximate surface area is 66.1 Å². The molecule has 0 radical (unpaired) electrons. The van der Waals surface area contributed by atoms with Gasteiger partial charge in [0.05, 0.1) is 0 Å². The molecule has 1 aromatic rings. The molecule has 0 amide bonds. The molecule has 1 N–H and O–H groups in total. The Morgan fingerprint density at radius 2 is 2.09 bits per heavy atom. The smallest absolute Gasteiger partial charge is 0.151 e. The lowest BCUT2D eigenvalue weighted by Gasteiger charge is -2.00. The molecule has 0 unspecified atom stereocenters. The van der Waals surface area contributed by atoms with Crippen LogP contribution >= 0.6 is 0 Å². The minimum Gasteiger partial charge on any atom is -0.282 e. The summed E-state index contributed by atoms with van der Waals surface area (Å²) in [5.74, 6) is 0.239. The van der Waals surface area contributed by atoms with Crippen LogP contribution in [0.5, 0.6) is 0 Å². The van der Waals surface area contributed by atoms with E-state index in [1.54, 1.807) is 0 Å². The fourth-order valence-electron chi connectivity index (χ4n) is 0.924. The predicted octanol–water partition coefficient (Wildman–Crippen LogP) is 2.02. The monoisotopic (exact) mass is 146 g/mol.